The number of nitrogens with one attached hydrogen (secondary N) is 1. The summed E-state index contributed by atoms with van der Waals surface area (Å²) in [4.78, 5) is 11.7. The second-order valence-electron chi connectivity index (χ2n) is 4.32. The van der Waals surface area contributed by atoms with Crippen LogP contribution in [0.2, 0.25) is 0 Å². The van der Waals surface area contributed by atoms with E-state index in [1.54, 1.807) is 0 Å². The summed E-state index contributed by atoms with van der Waals surface area (Å²) < 4.78 is 51.0. The van der Waals surface area contributed by atoms with Crippen molar-refractivity contribution in [1.82, 2.24) is 0 Å². The lowest BCUT2D eigenvalue weighted by molar-refractivity contribution is -0.153. The number of carbonyl (C=O) groups is 1. The lowest BCUT2D eigenvalue weighted by Gasteiger charge is -2.15. The van der Waals surface area contributed by atoms with Gasteiger partial charge in [-0.25, -0.2) is 0 Å². The Morgan fingerprint density at radius 1 is 1.32 bits per heavy atom. The number of carbonyl (C=O) groups excluding carboxylic acids is 1. The lowest BCUT2D eigenvalue weighted by Crippen LogP contribution is -2.39. The highest BCUT2D eigenvalue weighted by molar-refractivity contribution is 5.95. The molecule has 0 aliphatic carbocycles. The predicted octanol–water partition coefficient (Wildman–Crippen LogP) is 1.55. The van der Waals surface area contributed by atoms with Crippen LogP contribution in [0.25, 0.3) is 0 Å². The van der Waals surface area contributed by atoms with Gasteiger partial charge in [0.25, 0.3) is 0 Å². The van der Waals surface area contributed by atoms with Crippen molar-refractivity contribution in [3.63, 3.8) is 0 Å². The molecular weight excluding hydrogens is 305 g/mol. The third-order valence-electron chi connectivity index (χ3n) is 2.51. The molecule has 1 aromatic rings. The zero-order valence-electron chi connectivity index (χ0n) is 12.1. The van der Waals surface area contributed by atoms with Crippen LogP contribution < -0.4 is 20.5 Å². The minimum Gasteiger partial charge on any atom is -0.493 e. The first-order chi connectivity index (χ1) is 10.3. The van der Waals surface area contributed by atoms with Crippen LogP contribution in [0, 0.1) is 0 Å². The van der Waals surface area contributed by atoms with Crippen molar-refractivity contribution in [2.45, 2.75) is 12.2 Å². The summed E-state index contributed by atoms with van der Waals surface area (Å²) in [6.45, 7) is -1.45. The third kappa shape index (κ3) is 5.78. The third-order valence-corrected chi connectivity index (χ3v) is 2.51. The van der Waals surface area contributed by atoms with Crippen molar-refractivity contribution in [3.8, 4) is 11.5 Å². The molecule has 3 N–H and O–H groups in total. The smallest absolute Gasteiger partial charge is 0.422 e. The summed E-state index contributed by atoms with van der Waals surface area (Å²) in [5.41, 5.74) is 5.77. The van der Waals surface area contributed by atoms with E-state index in [0.717, 1.165) is 0 Å². The van der Waals surface area contributed by atoms with E-state index in [1.807, 2.05) is 0 Å². The van der Waals surface area contributed by atoms with Gasteiger partial charge in [0, 0.05) is 18.9 Å². The van der Waals surface area contributed by atoms with Crippen LogP contribution in [0.15, 0.2) is 18.2 Å². The van der Waals surface area contributed by atoms with Crippen LogP contribution in [-0.2, 0) is 9.53 Å². The van der Waals surface area contributed by atoms with Crippen LogP contribution in [0.5, 0.6) is 11.5 Å². The molecule has 1 rings (SSSR count). The van der Waals surface area contributed by atoms with Gasteiger partial charge in [-0.3, -0.25) is 4.79 Å². The summed E-state index contributed by atoms with van der Waals surface area (Å²) in [5.74, 6) is -0.560. The Kier molecular flexibility index (Phi) is 6.44. The Hall–Kier alpha value is -2.00. The maximum atomic E-state index is 12.2. The largest absolute Gasteiger partial charge is 0.493 e. The first-order valence-electron chi connectivity index (χ1n) is 6.20. The van der Waals surface area contributed by atoms with E-state index >= 15 is 0 Å². The van der Waals surface area contributed by atoms with Gasteiger partial charge in [-0.2, -0.15) is 13.2 Å². The Morgan fingerprint density at radius 2 is 2.00 bits per heavy atom. The summed E-state index contributed by atoms with van der Waals surface area (Å²) in [6.07, 6.45) is -4.48. The molecule has 124 valence electrons. The molecule has 0 heterocycles. The average molecular weight is 322 g/mol. The fourth-order valence-corrected chi connectivity index (χ4v) is 1.52. The van der Waals surface area contributed by atoms with Crippen molar-refractivity contribution in [1.29, 1.82) is 0 Å². The van der Waals surface area contributed by atoms with E-state index in [9.17, 15) is 18.0 Å². The van der Waals surface area contributed by atoms with E-state index in [1.165, 1.54) is 32.4 Å². The minimum absolute atomic E-state index is 0.0133. The van der Waals surface area contributed by atoms with E-state index < -0.39 is 24.7 Å². The molecule has 0 fully saturated rings. The number of hydrogen-bond acceptors (Lipinski definition) is 5. The fraction of sp³-hybridized carbons (Fsp3) is 0.462. The zero-order valence-corrected chi connectivity index (χ0v) is 12.1. The summed E-state index contributed by atoms with van der Waals surface area (Å²) in [6, 6.07) is 3.16. The normalized spacial score (nSPS) is 12.6. The summed E-state index contributed by atoms with van der Waals surface area (Å²) >= 11 is 0. The van der Waals surface area contributed by atoms with Gasteiger partial charge in [0.2, 0.25) is 5.91 Å². The molecule has 0 saturated carbocycles. The molecular formula is C13H17F3N2O4. The molecule has 1 atom stereocenters. The number of nitrogens with two attached hydrogens (primary N) is 1. The molecule has 0 aliphatic rings. The van der Waals surface area contributed by atoms with Crippen molar-refractivity contribution in [2.75, 3.05) is 32.8 Å². The molecule has 0 radical (unpaired) electrons. The highest BCUT2D eigenvalue weighted by atomic mass is 19.4. The fourth-order valence-electron chi connectivity index (χ4n) is 1.52. The van der Waals surface area contributed by atoms with E-state index in [4.69, 9.17) is 15.2 Å². The van der Waals surface area contributed by atoms with Crippen molar-refractivity contribution in [2.24, 2.45) is 5.73 Å². The topological polar surface area (TPSA) is 82.8 Å². The number of rotatable bonds is 7. The Balaban J connectivity index is 2.83. The molecule has 1 aromatic carbocycles. The quantitative estimate of drug-likeness (QED) is 0.796. The Morgan fingerprint density at radius 3 is 2.55 bits per heavy atom. The van der Waals surface area contributed by atoms with Crippen LogP contribution in [0.1, 0.15) is 0 Å². The van der Waals surface area contributed by atoms with Gasteiger partial charge < -0.3 is 25.3 Å². The second kappa shape index (κ2) is 7.85. The van der Waals surface area contributed by atoms with Crippen LogP contribution in [0.4, 0.5) is 18.9 Å². The van der Waals surface area contributed by atoms with Crippen molar-refractivity contribution < 1.29 is 32.2 Å². The SMILES string of the molecule is COCC(N)C(=O)Nc1ccc(OC)c(OCC(F)(F)F)c1. The van der Waals surface area contributed by atoms with Gasteiger partial charge in [-0.1, -0.05) is 0 Å². The Bertz CT molecular complexity index is 509. The van der Waals surface area contributed by atoms with Crippen LogP contribution >= 0.6 is 0 Å². The molecule has 22 heavy (non-hydrogen) atoms. The molecule has 9 heteroatoms. The zero-order chi connectivity index (χ0) is 16.8. The van der Waals surface area contributed by atoms with Gasteiger partial charge >= 0.3 is 6.18 Å². The monoisotopic (exact) mass is 322 g/mol. The minimum atomic E-state index is -4.48. The standard InChI is InChI=1S/C13H17F3N2O4/c1-20-6-9(17)12(19)18-8-3-4-10(21-2)11(5-8)22-7-13(14,15)16/h3-5,9H,6-7,17H2,1-2H3,(H,18,19). The molecule has 6 nitrogen and oxygen atoms in total. The highest BCUT2D eigenvalue weighted by Crippen LogP contribution is 2.31. The molecule has 1 amide bonds. The first kappa shape index (κ1) is 18.1. The predicted molar refractivity (Wildman–Crippen MR) is 73.0 cm³/mol. The van der Waals surface area contributed by atoms with E-state index in [-0.39, 0.29) is 23.8 Å². The van der Waals surface area contributed by atoms with E-state index in [0.29, 0.717) is 0 Å². The maximum Gasteiger partial charge on any atom is 0.422 e. The van der Waals surface area contributed by atoms with Crippen molar-refractivity contribution >= 4 is 11.6 Å². The Labute approximate surface area is 125 Å². The number of halogens is 3. The van der Waals surface area contributed by atoms with E-state index in [2.05, 4.69) is 10.1 Å². The molecule has 1 unspecified atom stereocenters. The van der Waals surface area contributed by atoms with Gasteiger partial charge in [-0.05, 0) is 12.1 Å². The number of methoxy groups -OCH3 is 2. The van der Waals surface area contributed by atoms with Gasteiger partial charge in [0.05, 0.1) is 13.7 Å². The molecule has 0 bridgehead atoms. The number of ether oxygens (including phenoxy) is 3. The molecule has 0 saturated heterocycles. The number of benzene rings is 1. The highest BCUT2D eigenvalue weighted by Gasteiger charge is 2.29. The van der Waals surface area contributed by atoms with Gasteiger partial charge in [0.15, 0.2) is 18.1 Å². The maximum absolute atomic E-state index is 12.2. The molecule has 0 spiro atoms. The second-order valence-corrected chi connectivity index (χ2v) is 4.32. The molecule has 0 aliphatic heterocycles. The lowest BCUT2D eigenvalue weighted by atomic mass is 10.2. The van der Waals surface area contributed by atoms with Gasteiger partial charge in [-0.15, -0.1) is 0 Å². The first-order valence-corrected chi connectivity index (χ1v) is 6.20. The summed E-state index contributed by atoms with van der Waals surface area (Å²) in [7, 11) is 2.69. The number of amides is 1. The number of alkyl halides is 3. The van der Waals surface area contributed by atoms with Crippen molar-refractivity contribution in [3.05, 3.63) is 18.2 Å². The van der Waals surface area contributed by atoms with Gasteiger partial charge in [0.1, 0.15) is 6.04 Å². The number of anilines is 1. The average Bonchev–Trinajstić information content (AvgIpc) is 2.44. The van der Waals surface area contributed by atoms with Crippen LogP contribution in [-0.4, -0.2) is 45.6 Å². The molecule has 0 aromatic heterocycles. The number of hydrogen-bond donors (Lipinski definition) is 2. The van der Waals surface area contributed by atoms with Crippen LogP contribution in [0.3, 0.4) is 0 Å². The summed E-state index contributed by atoms with van der Waals surface area (Å²) in [5, 5.41) is 2.45.